The van der Waals surface area contributed by atoms with Crippen LogP contribution in [0.5, 0.6) is 0 Å². The molecule has 0 amide bonds. The van der Waals surface area contributed by atoms with Crippen LogP contribution in [0.3, 0.4) is 0 Å². The minimum atomic E-state index is -0.875. The van der Waals surface area contributed by atoms with Gasteiger partial charge in [-0.15, -0.1) is 11.3 Å². The Morgan fingerprint density at radius 3 is 2.93 bits per heavy atom. The second-order valence-electron chi connectivity index (χ2n) is 3.12. The van der Waals surface area contributed by atoms with Crippen molar-refractivity contribution in [1.29, 1.82) is 0 Å². The van der Waals surface area contributed by atoms with Crippen LogP contribution >= 0.6 is 11.3 Å². The molecule has 78 valence electrons. The van der Waals surface area contributed by atoms with Crippen LogP contribution in [0.4, 0.5) is 0 Å². The molecule has 0 saturated carbocycles. The lowest BCUT2D eigenvalue weighted by Crippen LogP contribution is -2.34. The van der Waals surface area contributed by atoms with E-state index in [0.717, 1.165) is 6.42 Å². The molecule has 0 aromatic carbocycles. The minimum absolute atomic E-state index is 0.181. The molecule has 5 heteroatoms. The summed E-state index contributed by atoms with van der Waals surface area (Å²) in [6.07, 6.45) is 2.52. The van der Waals surface area contributed by atoms with Gasteiger partial charge in [-0.3, -0.25) is 10.1 Å². The molecule has 4 nitrogen and oxygen atoms in total. The molecule has 1 heterocycles. The van der Waals surface area contributed by atoms with Gasteiger partial charge >= 0.3 is 5.97 Å². The van der Waals surface area contributed by atoms with Crippen molar-refractivity contribution in [3.05, 3.63) is 16.6 Å². The zero-order valence-electron chi connectivity index (χ0n) is 8.23. The lowest BCUT2D eigenvalue weighted by Gasteiger charge is -2.16. The summed E-state index contributed by atoms with van der Waals surface area (Å²) in [6.45, 7) is 3.97. The highest BCUT2D eigenvalue weighted by molar-refractivity contribution is 7.09. The van der Waals surface area contributed by atoms with Crippen molar-refractivity contribution >= 4 is 17.3 Å². The largest absolute Gasteiger partial charge is 0.480 e. The van der Waals surface area contributed by atoms with Gasteiger partial charge in [0.25, 0.3) is 0 Å². The Bertz CT molecular complexity index is 287. The molecule has 0 fully saturated rings. The van der Waals surface area contributed by atoms with Crippen molar-refractivity contribution in [2.75, 3.05) is 0 Å². The van der Waals surface area contributed by atoms with Crippen LogP contribution in [-0.2, 0) is 4.79 Å². The first-order valence-corrected chi connectivity index (χ1v) is 5.41. The SMILES string of the molecule is CCC(C)NC(C(=O)O)c1nccs1. The zero-order chi connectivity index (χ0) is 10.6. The summed E-state index contributed by atoms with van der Waals surface area (Å²) in [6, 6.07) is -0.495. The van der Waals surface area contributed by atoms with Gasteiger partial charge in [-0.2, -0.15) is 0 Å². The Labute approximate surface area is 87.0 Å². The molecule has 0 spiro atoms. The van der Waals surface area contributed by atoms with E-state index in [1.54, 1.807) is 11.6 Å². The zero-order valence-corrected chi connectivity index (χ0v) is 9.04. The highest BCUT2D eigenvalue weighted by atomic mass is 32.1. The van der Waals surface area contributed by atoms with Gasteiger partial charge in [0.15, 0.2) is 6.04 Å². The third-order valence-electron chi connectivity index (χ3n) is 2.01. The fourth-order valence-electron chi connectivity index (χ4n) is 1.03. The number of carboxylic acid groups (broad SMARTS) is 1. The first-order valence-electron chi connectivity index (χ1n) is 4.53. The summed E-state index contributed by atoms with van der Waals surface area (Å²) in [4.78, 5) is 15.0. The predicted molar refractivity (Wildman–Crippen MR) is 55.4 cm³/mol. The highest BCUT2D eigenvalue weighted by Crippen LogP contribution is 2.16. The Morgan fingerprint density at radius 1 is 1.79 bits per heavy atom. The van der Waals surface area contributed by atoms with Gasteiger partial charge in [0.2, 0.25) is 0 Å². The quantitative estimate of drug-likeness (QED) is 0.782. The average Bonchev–Trinajstić information content (AvgIpc) is 2.65. The van der Waals surface area contributed by atoms with Crippen LogP contribution in [0, 0.1) is 0 Å². The van der Waals surface area contributed by atoms with E-state index in [4.69, 9.17) is 5.11 Å². The van der Waals surface area contributed by atoms with Crippen LogP contribution < -0.4 is 5.32 Å². The van der Waals surface area contributed by atoms with E-state index in [0.29, 0.717) is 5.01 Å². The van der Waals surface area contributed by atoms with Gasteiger partial charge in [0.05, 0.1) is 0 Å². The Kier molecular flexibility index (Phi) is 4.03. The van der Waals surface area contributed by atoms with Crippen LogP contribution in [-0.4, -0.2) is 22.1 Å². The molecule has 0 aliphatic carbocycles. The van der Waals surface area contributed by atoms with Crippen molar-refractivity contribution in [3.63, 3.8) is 0 Å². The molecular formula is C9H14N2O2S. The number of aliphatic carboxylic acids is 1. The van der Waals surface area contributed by atoms with Crippen LogP contribution in [0.2, 0.25) is 0 Å². The molecule has 0 saturated heterocycles. The number of carboxylic acids is 1. The smallest absolute Gasteiger partial charge is 0.327 e. The minimum Gasteiger partial charge on any atom is -0.480 e. The van der Waals surface area contributed by atoms with Crippen molar-refractivity contribution < 1.29 is 9.90 Å². The third kappa shape index (κ3) is 2.78. The van der Waals surface area contributed by atoms with E-state index in [-0.39, 0.29) is 6.04 Å². The van der Waals surface area contributed by atoms with Crippen molar-refractivity contribution in [3.8, 4) is 0 Å². The fraction of sp³-hybridized carbons (Fsp3) is 0.556. The lowest BCUT2D eigenvalue weighted by atomic mass is 10.2. The Hall–Kier alpha value is -0.940. The molecule has 2 unspecified atom stereocenters. The monoisotopic (exact) mass is 214 g/mol. The molecule has 0 aliphatic rings. The van der Waals surface area contributed by atoms with Crippen LogP contribution in [0.25, 0.3) is 0 Å². The van der Waals surface area contributed by atoms with Gasteiger partial charge in [-0.1, -0.05) is 6.92 Å². The van der Waals surface area contributed by atoms with Crippen molar-refractivity contribution in [2.24, 2.45) is 0 Å². The van der Waals surface area contributed by atoms with Gasteiger partial charge in [0.1, 0.15) is 5.01 Å². The maximum Gasteiger partial charge on any atom is 0.327 e. The molecule has 0 radical (unpaired) electrons. The van der Waals surface area contributed by atoms with E-state index in [9.17, 15) is 4.79 Å². The van der Waals surface area contributed by atoms with E-state index in [1.807, 2.05) is 13.8 Å². The number of hydrogen-bond acceptors (Lipinski definition) is 4. The Morgan fingerprint density at radius 2 is 2.50 bits per heavy atom. The van der Waals surface area contributed by atoms with Gasteiger partial charge in [-0.25, -0.2) is 4.98 Å². The standard InChI is InChI=1S/C9H14N2O2S/c1-3-6(2)11-7(9(12)13)8-10-4-5-14-8/h4-7,11H,3H2,1-2H3,(H,12,13). The summed E-state index contributed by atoms with van der Waals surface area (Å²) < 4.78 is 0. The third-order valence-corrected chi connectivity index (χ3v) is 2.85. The van der Waals surface area contributed by atoms with Crippen molar-refractivity contribution in [2.45, 2.75) is 32.4 Å². The van der Waals surface area contributed by atoms with Gasteiger partial charge in [0, 0.05) is 17.6 Å². The van der Waals surface area contributed by atoms with E-state index < -0.39 is 12.0 Å². The topological polar surface area (TPSA) is 62.2 Å². The maximum atomic E-state index is 11.0. The summed E-state index contributed by atoms with van der Waals surface area (Å²) in [7, 11) is 0. The van der Waals surface area contributed by atoms with E-state index >= 15 is 0 Å². The maximum absolute atomic E-state index is 11.0. The molecule has 0 aliphatic heterocycles. The molecule has 2 N–H and O–H groups in total. The molecule has 2 atom stereocenters. The molecule has 14 heavy (non-hydrogen) atoms. The summed E-state index contributed by atoms with van der Waals surface area (Å²) in [5.74, 6) is -0.875. The number of hydrogen-bond donors (Lipinski definition) is 2. The first-order chi connectivity index (χ1) is 6.65. The number of rotatable bonds is 5. The summed E-state index contributed by atoms with van der Waals surface area (Å²) >= 11 is 1.36. The van der Waals surface area contributed by atoms with E-state index in [1.165, 1.54) is 11.3 Å². The first kappa shape index (κ1) is 11.1. The Balaban J connectivity index is 2.71. The van der Waals surface area contributed by atoms with Crippen LogP contribution in [0.15, 0.2) is 11.6 Å². The van der Waals surface area contributed by atoms with Crippen LogP contribution in [0.1, 0.15) is 31.3 Å². The molecule has 1 aromatic rings. The number of thiazole rings is 1. The number of nitrogens with zero attached hydrogens (tertiary/aromatic N) is 1. The molecule has 1 aromatic heterocycles. The summed E-state index contributed by atoms with van der Waals surface area (Å²) in [5, 5.41) is 14.4. The van der Waals surface area contributed by atoms with Crippen molar-refractivity contribution in [1.82, 2.24) is 10.3 Å². The van der Waals surface area contributed by atoms with Gasteiger partial charge in [-0.05, 0) is 13.3 Å². The predicted octanol–water partition coefficient (Wildman–Crippen LogP) is 1.66. The number of nitrogens with one attached hydrogen (secondary N) is 1. The van der Waals surface area contributed by atoms with E-state index in [2.05, 4.69) is 10.3 Å². The molecular weight excluding hydrogens is 200 g/mol. The fourth-order valence-corrected chi connectivity index (χ4v) is 1.72. The molecule has 1 rings (SSSR count). The normalized spacial score (nSPS) is 15.0. The number of aromatic nitrogens is 1. The highest BCUT2D eigenvalue weighted by Gasteiger charge is 2.23. The second-order valence-corrected chi connectivity index (χ2v) is 4.04. The van der Waals surface area contributed by atoms with Gasteiger partial charge < -0.3 is 5.11 Å². The number of carbonyl (C=O) groups is 1. The molecule has 0 bridgehead atoms. The average molecular weight is 214 g/mol. The lowest BCUT2D eigenvalue weighted by molar-refractivity contribution is -0.139. The second kappa shape index (κ2) is 5.07. The summed E-state index contributed by atoms with van der Waals surface area (Å²) in [5.41, 5.74) is 0.